The molecule has 3 aromatic rings. The second-order valence-corrected chi connectivity index (χ2v) is 9.51. The third kappa shape index (κ3) is 5.33. The van der Waals surface area contributed by atoms with Crippen LogP contribution in [0.1, 0.15) is 18.9 Å². The van der Waals surface area contributed by atoms with Crippen molar-refractivity contribution < 1.29 is 18.7 Å². The van der Waals surface area contributed by atoms with Gasteiger partial charge in [-0.1, -0.05) is 18.2 Å². The van der Waals surface area contributed by atoms with Gasteiger partial charge in [0.25, 0.3) is 5.91 Å². The molecule has 1 unspecified atom stereocenters. The number of amides is 3. The quantitative estimate of drug-likeness (QED) is 0.425. The number of benzene rings is 1. The van der Waals surface area contributed by atoms with Crippen molar-refractivity contribution in [2.75, 3.05) is 24.7 Å². The minimum absolute atomic E-state index is 0.0578. The minimum Gasteiger partial charge on any atom is -0.436 e. The molecule has 10 nitrogen and oxygen atoms in total. The molecule has 0 radical (unpaired) electrons. The monoisotopic (exact) mass is 527 g/mol. The lowest BCUT2D eigenvalue weighted by Crippen LogP contribution is -2.37. The van der Waals surface area contributed by atoms with Crippen molar-refractivity contribution in [3.05, 3.63) is 90.3 Å². The van der Waals surface area contributed by atoms with Gasteiger partial charge in [-0.05, 0) is 54.8 Å². The second kappa shape index (κ2) is 10.4. The molecule has 198 valence electrons. The van der Waals surface area contributed by atoms with Gasteiger partial charge >= 0.3 is 6.03 Å². The van der Waals surface area contributed by atoms with Crippen LogP contribution in [0.25, 0.3) is 5.57 Å². The lowest BCUT2D eigenvalue weighted by Gasteiger charge is -2.30. The number of anilines is 2. The van der Waals surface area contributed by atoms with Crippen LogP contribution in [-0.2, 0) is 4.79 Å². The number of fused-ring (bicyclic) bond motifs is 1. The average Bonchev–Trinajstić information content (AvgIpc) is 3.27. The SMILES string of the molecule is CN(C)C(=O)Nc1cncc(C2=CC=C3NN=C(C(=O)Nc4ccc(Oc5ccccc5F)nc4)C3(C)C2)c1. The maximum Gasteiger partial charge on any atom is 0.321 e. The van der Waals surface area contributed by atoms with Gasteiger partial charge in [0, 0.05) is 32.1 Å². The molecule has 0 saturated carbocycles. The summed E-state index contributed by atoms with van der Waals surface area (Å²) in [6, 6.07) is 10.8. The molecule has 2 aromatic heterocycles. The Morgan fingerprint density at radius 3 is 2.62 bits per heavy atom. The van der Waals surface area contributed by atoms with Crippen LogP contribution < -0.4 is 20.8 Å². The predicted molar refractivity (Wildman–Crippen MR) is 146 cm³/mol. The molecule has 0 fully saturated rings. The number of hydrazone groups is 1. The molecule has 3 N–H and O–H groups in total. The third-order valence-corrected chi connectivity index (χ3v) is 6.43. The van der Waals surface area contributed by atoms with Gasteiger partial charge in [0.15, 0.2) is 11.6 Å². The Hall–Kier alpha value is -5.06. The van der Waals surface area contributed by atoms with Gasteiger partial charge in [0.05, 0.1) is 29.2 Å². The number of hydrogen-bond acceptors (Lipinski definition) is 7. The summed E-state index contributed by atoms with van der Waals surface area (Å²) in [4.78, 5) is 35.2. The van der Waals surface area contributed by atoms with Crippen molar-refractivity contribution in [2.24, 2.45) is 10.5 Å². The van der Waals surface area contributed by atoms with E-state index in [1.54, 1.807) is 50.8 Å². The van der Waals surface area contributed by atoms with E-state index in [1.165, 1.54) is 23.2 Å². The summed E-state index contributed by atoms with van der Waals surface area (Å²) < 4.78 is 19.3. The van der Waals surface area contributed by atoms with Gasteiger partial charge in [-0.3, -0.25) is 15.2 Å². The number of nitrogens with zero attached hydrogens (tertiary/aromatic N) is 4. The van der Waals surface area contributed by atoms with Crippen molar-refractivity contribution in [3.8, 4) is 11.6 Å². The number of pyridine rings is 2. The highest BCUT2D eigenvalue weighted by molar-refractivity contribution is 6.46. The topological polar surface area (TPSA) is 121 Å². The van der Waals surface area contributed by atoms with E-state index >= 15 is 0 Å². The molecular weight excluding hydrogens is 501 g/mol. The Kier molecular flexibility index (Phi) is 6.80. The number of allylic oxidation sites excluding steroid dienone is 4. The van der Waals surface area contributed by atoms with Crippen LogP contribution in [0.2, 0.25) is 0 Å². The minimum atomic E-state index is -0.710. The fourth-order valence-corrected chi connectivity index (χ4v) is 4.28. The number of carbonyl (C=O) groups is 2. The number of carbonyl (C=O) groups excluding carboxylic acids is 2. The molecule has 3 heterocycles. The average molecular weight is 528 g/mol. The molecule has 2 aliphatic rings. The van der Waals surface area contributed by atoms with Crippen molar-refractivity contribution in [1.82, 2.24) is 20.3 Å². The Morgan fingerprint density at radius 1 is 1.05 bits per heavy atom. The fourth-order valence-electron chi connectivity index (χ4n) is 4.28. The lowest BCUT2D eigenvalue weighted by molar-refractivity contribution is -0.110. The predicted octanol–water partition coefficient (Wildman–Crippen LogP) is 4.78. The number of hydrogen-bond donors (Lipinski definition) is 3. The van der Waals surface area contributed by atoms with Crippen LogP contribution in [-0.4, -0.2) is 46.6 Å². The van der Waals surface area contributed by atoms with E-state index in [4.69, 9.17) is 4.74 Å². The van der Waals surface area contributed by atoms with Gasteiger partial charge in [-0.2, -0.15) is 5.10 Å². The van der Waals surface area contributed by atoms with Crippen molar-refractivity contribution >= 4 is 34.6 Å². The van der Waals surface area contributed by atoms with E-state index in [0.717, 1.165) is 16.8 Å². The van der Waals surface area contributed by atoms with Crippen LogP contribution >= 0.6 is 0 Å². The van der Waals surface area contributed by atoms with Crippen molar-refractivity contribution in [2.45, 2.75) is 13.3 Å². The molecule has 11 heteroatoms. The molecule has 0 saturated heterocycles. The van der Waals surface area contributed by atoms with E-state index in [2.05, 4.69) is 31.1 Å². The molecule has 39 heavy (non-hydrogen) atoms. The summed E-state index contributed by atoms with van der Waals surface area (Å²) in [5.41, 5.74) is 6.15. The maximum absolute atomic E-state index is 13.8. The molecule has 1 atom stereocenters. The largest absolute Gasteiger partial charge is 0.436 e. The number of aromatic nitrogens is 2. The number of halogens is 1. The van der Waals surface area contributed by atoms with Gasteiger partial charge in [0.1, 0.15) is 5.71 Å². The number of nitrogens with one attached hydrogen (secondary N) is 3. The number of para-hydroxylation sites is 1. The van der Waals surface area contributed by atoms with Gasteiger partial charge < -0.3 is 20.3 Å². The van der Waals surface area contributed by atoms with E-state index in [0.29, 0.717) is 23.5 Å². The summed E-state index contributed by atoms with van der Waals surface area (Å²) in [5, 5.41) is 9.95. The zero-order chi connectivity index (χ0) is 27.6. The maximum atomic E-state index is 13.8. The van der Waals surface area contributed by atoms with Gasteiger partial charge in [-0.15, -0.1) is 0 Å². The Labute approximate surface area is 224 Å². The van der Waals surface area contributed by atoms with Crippen LogP contribution in [0.5, 0.6) is 11.6 Å². The highest BCUT2D eigenvalue weighted by atomic mass is 19.1. The first-order chi connectivity index (χ1) is 18.7. The Bertz CT molecular complexity index is 1530. The zero-order valence-corrected chi connectivity index (χ0v) is 21.5. The normalized spacial score (nSPS) is 17.6. The zero-order valence-electron chi connectivity index (χ0n) is 21.5. The van der Waals surface area contributed by atoms with Crippen LogP contribution in [0.3, 0.4) is 0 Å². The first-order valence-electron chi connectivity index (χ1n) is 12.1. The second-order valence-electron chi connectivity index (χ2n) is 9.51. The van der Waals surface area contributed by atoms with Crippen LogP contribution in [0.4, 0.5) is 20.6 Å². The Balaban J connectivity index is 1.28. The summed E-state index contributed by atoms with van der Waals surface area (Å²) in [5.74, 6) is -0.635. The molecule has 0 bridgehead atoms. The van der Waals surface area contributed by atoms with E-state index in [1.807, 2.05) is 25.1 Å². The highest BCUT2D eigenvalue weighted by Crippen LogP contribution is 2.44. The van der Waals surface area contributed by atoms with Gasteiger partial charge in [-0.25, -0.2) is 14.2 Å². The van der Waals surface area contributed by atoms with Gasteiger partial charge in [0.2, 0.25) is 5.88 Å². The number of rotatable bonds is 6. The standard InChI is InChI=1S/C28H26FN7O3/c1-28-13-17(18-12-20(15-30-14-18)33-27(38)36(2)3)8-10-23(28)34-35-25(28)26(37)32-19-9-11-24(31-16-19)39-22-7-5-4-6-21(22)29/h4-12,14-16,34H,13H2,1-3H3,(H,32,37)(H,33,38). The lowest BCUT2D eigenvalue weighted by atomic mass is 9.73. The Morgan fingerprint density at radius 2 is 1.87 bits per heavy atom. The fraction of sp³-hybridized carbons (Fsp3) is 0.179. The van der Waals surface area contributed by atoms with E-state index in [-0.39, 0.29) is 23.6 Å². The molecule has 3 amide bonds. The first kappa shape index (κ1) is 25.6. The third-order valence-electron chi connectivity index (χ3n) is 6.43. The molecule has 1 aromatic carbocycles. The van der Waals surface area contributed by atoms with E-state index < -0.39 is 11.2 Å². The molecule has 1 aliphatic carbocycles. The molecule has 1 aliphatic heterocycles. The van der Waals surface area contributed by atoms with Crippen LogP contribution in [0, 0.1) is 11.2 Å². The first-order valence-corrected chi connectivity index (χ1v) is 12.1. The molecular formula is C28H26FN7O3. The van der Waals surface area contributed by atoms with Crippen LogP contribution in [0.15, 0.2) is 84.0 Å². The van der Waals surface area contributed by atoms with Crippen molar-refractivity contribution in [1.29, 1.82) is 0 Å². The summed E-state index contributed by atoms with van der Waals surface area (Å²) >= 11 is 0. The van der Waals surface area contributed by atoms with E-state index in [9.17, 15) is 14.0 Å². The number of urea groups is 1. The summed E-state index contributed by atoms with van der Waals surface area (Å²) in [6.45, 7) is 1.94. The number of ether oxygens (including phenoxy) is 1. The highest BCUT2D eigenvalue weighted by Gasteiger charge is 2.45. The smallest absolute Gasteiger partial charge is 0.321 e. The summed E-state index contributed by atoms with van der Waals surface area (Å²) in [7, 11) is 3.32. The van der Waals surface area contributed by atoms with Crippen molar-refractivity contribution in [3.63, 3.8) is 0 Å². The molecule has 0 spiro atoms. The summed E-state index contributed by atoms with van der Waals surface area (Å²) in [6.07, 6.45) is 9.06. The molecule has 5 rings (SSSR count).